The van der Waals surface area contributed by atoms with Crippen molar-refractivity contribution < 1.29 is 5.11 Å². The molecule has 0 aromatic heterocycles. The van der Waals surface area contributed by atoms with Gasteiger partial charge in [0.15, 0.2) is 0 Å². The molecule has 0 amide bonds. The van der Waals surface area contributed by atoms with Crippen LogP contribution in [-0.2, 0) is 10.8 Å². The first-order valence-corrected chi connectivity index (χ1v) is 9.30. The Morgan fingerprint density at radius 2 is 1.35 bits per heavy atom. The molecular weight excluding hydrogens is 318 g/mol. The van der Waals surface area contributed by atoms with Crippen molar-refractivity contribution in [1.29, 1.82) is 0 Å². The molecule has 0 fully saturated rings. The Hall–Kier alpha value is -2.09. The van der Waals surface area contributed by atoms with E-state index < -0.39 is 0 Å². The fourth-order valence-corrected chi connectivity index (χ4v) is 3.25. The van der Waals surface area contributed by atoms with Crippen LogP contribution in [0.4, 0.5) is 5.69 Å². The minimum Gasteiger partial charge on any atom is -0.505 e. The van der Waals surface area contributed by atoms with Crippen molar-refractivity contribution in [2.24, 2.45) is 4.99 Å². The average molecular weight is 352 g/mol. The van der Waals surface area contributed by atoms with Gasteiger partial charge in [0, 0.05) is 11.8 Å². The normalized spacial score (nSPS) is 12.8. The minimum atomic E-state index is -0.148. The number of aryl methyl sites for hydroxylation is 3. The van der Waals surface area contributed by atoms with Gasteiger partial charge in [-0.2, -0.15) is 0 Å². The highest BCUT2D eigenvalue weighted by Gasteiger charge is 2.24. The molecular formula is C24H33NO. The lowest BCUT2D eigenvalue weighted by Crippen LogP contribution is -2.16. The summed E-state index contributed by atoms with van der Waals surface area (Å²) >= 11 is 0. The summed E-state index contributed by atoms with van der Waals surface area (Å²) in [7, 11) is 0. The molecule has 0 saturated carbocycles. The molecule has 2 heteroatoms. The van der Waals surface area contributed by atoms with E-state index in [1.54, 1.807) is 0 Å². The van der Waals surface area contributed by atoms with Crippen molar-refractivity contribution in [3.8, 4) is 5.75 Å². The maximum atomic E-state index is 10.9. The van der Waals surface area contributed by atoms with Crippen LogP contribution in [0.2, 0.25) is 0 Å². The van der Waals surface area contributed by atoms with Crippen LogP contribution in [0.1, 0.15) is 74.9 Å². The number of hydrogen-bond donors (Lipinski definition) is 1. The first kappa shape index (κ1) is 20.2. The highest BCUT2D eigenvalue weighted by Crippen LogP contribution is 2.41. The zero-order valence-electron chi connectivity index (χ0n) is 17.8. The molecule has 140 valence electrons. The van der Waals surface area contributed by atoms with Gasteiger partial charge in [0.1, 0.15) is 11.4 Å². The van der Waals surface area contributed by atoms with Gasteiger partial charge in [-0.1, -0.05) is 65.3 Å². The quantitative estimate of drug-likeness (QED) is 0.603. The Kier molecular flexibility index (Phi) is 5.37. The molecule has 2 aromatic carbocycles. The van der Waals surface area contributed by atoms with Gasteiger partial charge >= 0.3 is 0 Å². The van der Waals surface area contributed by atoms with Crippen LogP contribution >= 0.6 is 0 Å². The van der Waals surface area contributed by atoms with Gasteiger partial charge in [0.2, 0.25) is 0 Å². The molecule has 2 aromatic rings. The number of rotatable bonds is 2. The number of phenols is 1. The van der Waals surface area contributed by atoms with Crippen molar-refractivity contribution >= 4 is 11.9 Å². The Morgan fingerprint density at radius 1 is 0.808 bits per heavy atom. The maximum absolute atomic E-state index is 10.9. The third-order valence-electron chi connectivity index (χ3n) is 4.83. The molecule has 0 aliphatic carbocycles. The van der Waals surface area contributed by atoms with Gasteiger partial charge in [0.25, 0.3) is 0 Å². The molecule has 2 nitrogen and oxygen atoms in total. The molecule has 0 saturated heterocycles. The van der Waals surface area contributed by atoms with Crippen LogP contribution in [0.5, 0.6) is 5.75 Å². The Bertz CT molecular complexity index is 823. The first-order valence-electron chi connectivity index (χ1n) is 9.30. The van der Waals surface area contributed by atoms with E-state index in [9.17, 15) is 5.11 Å². The molecule has 0 aliphatic heterocycles. The standard InChI is InChI=1S/C24H33NO/c1-15-10-16(2)19(17(3)11-15)14-25-21-13-18(23(4,5)6)12-20(22(21)26)24(7,8)9/h10-14,26H,1-9H3/b25-14-. The second-order valence-electron chi connectivity index (χ2n) is 9.46. The maximum Gasteiger partial charge on any atom is 0.144 e. The SMILES string of the molecule is Cc1cc(C)c(/C=N\c2cc(C(C)(C)C)cc(C(C)(C)C)c2O)c(C)c1. The molecule has 0 bridgehead atoms. The lowest BCUT2D eigenvalue weighted by atomic mass is 9.80. The van der Waals surface area contributed by atoms with Gasteiger partial charge in [-0.05, 0) is 59.9 Å². The number of nitrogens with zero attached hydrogens (tertiary/aromatic N) is 1. The summed E-state index contributed by atoms with van der Waals surface area (Å²) in [6.45, 7) is 19.2. The smallest absolute Gasteiger partial charge is 0.144 e. The fraction of sp³-hybridized carbons (Fsp3) is 0.458. The van der Waals surface area contributed by atoms with Crippen molar-refractivity contribution in [2.75, 3.05) is 0 Å². The highest BCUT2D eigenvalue weighted by molar-refractivity contribution is 5.86. The topological polar surface area (TPSA) is 32.6 Å². The molecule has 0 radical (unpaired) electrons. The molecule has 0 unspecified atom stereocenters. The Balaban J connectivity index is 2.63. The Labute approximate surface area is 159 Å². The molecule has 0 atom stereocenters. The van der Waals surface area contributed by atoms with E-state index in [2.05, 4.69) is 80.5 Å². The molecule has 0 heterocycles. The van der Waals surface area contributed by atoms with Crippen LogP contribution < -0.4 is 0 Å². The number of hydrogen-bond acceptors (Lipinski definition) is 2. The van der Waals surface area contributed by atoms with Crippen molar-refractivity contribution in [2.45, 2.75) is 73.1 Å². The van der Waals surface area contributed by atoms with E-state index in [4.69, 9.17) is 4.99 Å². The van der Waals surface area contributed by atoms with Gasteiger partial charge in [-0.15, -0.1) is 0 Å². The number of aromatic hydroxyl groups is 1. The molecule has 2 rings (SSSR count). The number of benzene rings is 2. The summed E-state index contributed by atoms with van der Waals surface area (Å²) in [5.41, 5.74) is 7.39. The fourth-order valence-electron chi connectivity index (χ4n) is 3.25. The zero-order valence-corrected chi connectivity index (χ0v) is 17.8. The van der Waals surface area contributed by atoms with Crippen LogP contribution in [0, 0.1) is 20.8 Å². The third kappa shape index (κ3) is 4.35. The number of phenolic OH excluding ortho intramolecular Hbond substituents is 1. The zero-order chi connectivity index (χ0) is 19.9. The second-order valence-corrected chi connectivity index (χ2v) is 9.46. The molecule has 1 N–H and O–H groups in total. The predicted octanol–water partition coefficient (Wildman–Crippen LogP) is 6.66. The van der Waals surface area contributed by atoms with E-state index >= 15 is 0 Å². The molecule has 0 aliphatic rings. The van der Waals surface area contributed by atoms with E-state index in [0.717, 1.165) is 11.1 Å². The summed E-state index contributed by atoms with van der Waals surface area (Å²) in [5, 5.41) is 10.9. The van der Waals surface area contributed by atoms with Gasteiger partial charge in [-0.3, -0.25) is 4.99 Å². The average Bonchev–Trinajstić information content (AvgIpc) is 2.45. The summed E-state index contributed by atoms with van der Waals surface area (Å²) < 4.78 is 0. The second kappa shape index (κ2) is 6.90. The van der Waals surface area contributed by atoms with Gasteiger partial charge in [0.05, 0.1) is 0 Å². The van der Waals surface area contributed by atoms with Crippen molar-refractivity contribution in [1.82, 2.24) is 0 Å². The van der Waals surface area contributed by atoms with Crippen molar-refractivity contribution in [3.05, 3.63) is 57.6 Å². The van der Waals surface area contributed by atoms with Gasteiger partial charge < -0.3 is 5.11 Å². The summed E-state index contributed by atoms with van der Waals surface area (Å²) in [5.74, 6) is 0.282. The van der Waals surface area contributed by atoms with Crippen LogP contribution in [0.15, 0.2) is 29.3 Å². The first-order chi connectivity index (χ1) is 11.8. The largest absolute Gasteiger partial charge is 0.505 e. The van der Waals surface area contributed by atoms with E-state index in [-0.39, 0.29) is 16.6 Å². The van der Waals surface area contributed by atoms with Crippen molar-refractivity contribution in [3.63, 3.8) is 0 Å². The lowest BCUT2D eigenvalue weighted by molar-refractivity contribution is 0.446. The van der Waals surface area contributed by atoms with E-state index in [0.29, 0.717) is 5.69 Å². The lowest BCUT2D eigenvalue weighted by Gasteiger charge is -2.26. The molecule has 26 heavy (non-hydrogen) atoms. The predicted molar refractivity (Wildman–Crippen MR) is 113 cm³/mol. The van der Waals surface area contributed by atoms with Crippen LogP contribution in [0.25, 0.3) is 0 Å². The van der Waals surface area contributed by atoms with Crippen LogP contribution in [-0.4, -0.2) is 11.3 Å². The monoisotopic (exact) mass is 351 g/mol. The van der Waals surface area contributed by atoms with Gasteiger partial charge in [-0.25, -0.2) is 0 Å². The number of aliphatic imine (C=N–C) groups is 1. The third-order valence-corrected chi connectivity index (χ3v) is 4.83. The Morgan fingerprint density at radius 3 is 1.81 bits per heavy atom. The summed E-state index contributed by atoms with van der Waals surface area (Å²) in [6, 6.07) is 8.47. The minimum absolute atomic E-state index is 0.00629. The van der Waals surface area contributed by atoms with Crippen LogP contribution in [0.3, 0.4) is 0 Å². The van der Waals surface area contributed by atoms with E-state index in [1.807, 2.05) is 12.3 Å². The highest BCUT2D eigenvalue weighted by atomic mass is 16.3. The van der Waals surface area contributed by atoms with E-state index in [1.165, 1.54) is 22.3 Å². The molecule has 0 spiro atoms. The summed E-state index contributed by atoms with van der Waals surface area (Å²) in [4.78, 5) is 4.70. The summed E-state index contributed by atoms with van der Waals surface area (Å²) in [6.07, 6.45) is 1.89.